The minimum absolute atomic E-state index is 0.0237. The highest BCUT2D eigenvalue weighted by molar-refractivity contribution is 5.82. The molecule has 0 spiro atoms. The van der Waals surface area contributed by atoms with E-state index in [1.807, 2.05) is 0 Å². The highest BCUT2D eigenvalue weighted by Gasteiger charge is 2.53. The predicted molar refractivity (Wildman–Crippen MR) is 97.7 cm³/mol. The van der Waals surface area contributed by atoms with Crippen molar-refractivity contribution in [2.45, 2.75) is 77.2 Å². The first-order valence-corrected chi connectivity index (χ1v) is 10.3. The zero-order valence-electron chi connectivity index (χ0n) is 15.5. The Labute approximate surface area is 151 Å². The summed E-state index contributed by atoms with van der Waals surface area (Å²) in [7, 11) is 0. The van der Waals surface area contributed by atoms with Crippen LogP contribution in [0.2, 0.25) is 0 Å². The Bertz CT molecular complexity index is 504. The molecule has 0 aromatic heterocycles. The third-order valence-electron chi connectivity index (χ3n) is 7.52. The van der Waals surface area contributed by atoms with Gasteiger partial charge in [-0.25, -0.2) is 0 Å². The molecule has 3 N–H and O–H groups in total. The number of carbonyl (C=O) groups is 1. The normalized spacial score (nSPS) is 38.8. The average Bonchev–Trinajstić information content (AvgIpc) is 3.08. The predicted octanol–water partition coefficient (Wildman–Crippen LogP) is 3.19. The lowest BCUT2D eigenvalue weighted by Gasteiger charge is -2.59. The van der Waals surface area contributed by atoms with Gasteiger partial charge in [-0.1, -0.05) is 18.0 Å². The van der Waals surface area contributed by atoms with Crippen LogP contribution in [0.3, 0.4) is 0 Å². The van der Waals surface area contributed by atoms with Crippen molar-refractivity contribution in [2.24, 2.45) is 40.0 Å². The van der Waals surface area contributed by atoms with Gasteiger partial charge < -0.3 is 15.9 Å². The monoisotopic (exact) mass is 347 g/mol. The van der Waals surface area contributed by atoms with Crippen LogP contribution in [0.5, 0.6) is 0 Å². The van der Waals surface area contributed by atoms with Crippen LogP contribution in [0.25, 0.3) is 0 Å². The van der Waals surface area contributed by atoms with Crippen molar-refractivity contribution in [1.29, 1.82) is 0 Å². The fourth-order valence-electron chi connectivity index (χ4n) is 6.61. The van der Waals surface area contributed by atoms with Gasteiger partial charge in [0.1, 0.15) is 5.84 Å². The van der Waals surface area contributed by atoms with Crippen molar-refractivity contribution in [2.75, 3.05) is 6.61 Å². The van der Waals surface area contributed by atoms with Gasteiger partial charge in [-0.15, -0.1) is 0 Å². The van der Waals surface area contributed by atoms with Crippen molar-refractivity contribution in [1.82, 2.24) is 5.32 Å². The third-order valence-corrected chi connectivity index (χ3v) is 7.52. The van der Waals surface area contributed by atoms with E-state index in [1.54, 1.807) is 0 Å². The molecule has 5 nitrogen and oxygen atoms in total. The maximum Gasteiger partial charge on any atom is 0.261 e. The molecule has 5 heteroatoms. The van der Waals surface area contributed by atoms with Crippen LogP contribution in [-0.2, 0) is 9.63 Å². The molecule has 140 valence electrons. The number of nitrogens with one attached hydrogen (secondary N) is 1. The molecule has 0 aromatic rings. The molecule has 1 amide bonds. The molecule has 5 saturated carbocycles. The van der Waals surface area contributed by atoms with Crippen LogP contribution in [0.15, 0.2) is 5.16 Å². The van der Waals surface area contributed by atoms with Crippen LogP contribution >= 0.6 is 0 Å². The number of hydrogen-bond acceptors (Lipinski definition) is 3. The second-order valence-corrected chi connectivity index (χ2v) is 9.34. The number of nitrogens with two attached hydrogens (primary N) is 1. The Morgan fingerprint density at radius 2 is 1.72 bits per heavy atom. The van der Waals surface area contributed by atoms with E-state index < -0.39 is 0 Å². The summed E-state index contributed by atoms with van der Waals surface area (Å²) in [5, 5.41) is 7.19. The number of rotatable bonds is 6. The van der Waals surface area contributed by atoms with Crippen LogP contribution < -0.4 is 11.1 Å². The standard InChI is InChI=1S/C20H33N3O2/c1-13(20-9-14-6-15(10-20)8-16(7-14)11-20)22-18(24)12-25-23-19(21)17-4-2-3-5-17/h13-17H,2-12H2,1H3,(H2,21,23)(H,22,24)/t13-,14?,15?,16?,20?/m0/s1. The van der Waals surface area contributed by atoms with Crippen molar-refractivity contribution in [3.8, 4) is 0 Å². The van der Waals surface area contributed by atoms with E-state index in [9.17, 15) is 4.79 Å². The summed E-state index contributed by atoms with van der Waals surface area (Å²) in [6, 6.07) is 0.230. The van der Waals surface area contributed by atoms with Crippen molar-refractivity contribution >= 4 is 11.7 Å². The molecule has 0 unspecified atom stereocenters. The van der Waals surface area contributed by atoms with Crippen LogP contribution in [-0.4, -0.2) is 24.4 Å². The van der Waals surface area contributed by atoms with E-state index in [4.69, 9.17) is 10.6 Å². The lowest BCUT2D eigenvalue weighted by molar-refractivity contribution is -0.130. The highest BCUT2D eigenvalue weighted by Crippen LogP contribution is 2.61. The number of carbonyl (C=O) groups excluding carboxylic acids is 1. The summed E-state index contributed by atoms with van der Waals surface area (Å²) in [5.41, 5.74) is 6.29. The lowest BCUT2D eigenvalue weighted by atomic mass is 9.48. The molecule has 0 saturated heterocycles. The maximum atomic E-state index is 12.3. The molecule has 0 heterocycles. The molecule has 0 radical (unpaired) electrons. The molecule has 5 aliphatic rings. The van der Waals surface area contributed by atoms with Crippen LogP contribution in [0.4, 0.5) is 0 Å². The zero-order valence-corrected chi connectivity index (χ0v) is 15.5. The Morgan fingerprint density at radius 3 is 2.28 bits per heavy atom. The minimum atomic E-state index is -0.0637. The Balaban J connectivity index is 1.27. The van der Waals surface area contributed by atoms with Gasteiger partial charge in [0.25, 0.3) is 5.91 Å². The van der Waals surface area contributed by atoms with Gasteiger partial charge in [-0.2, -0.15) is 0 Å². The summed E-state index contributed by atoms with van der Waals surface area (Å²) in [4.78, 5) is 17.5. The molecule has 5 fully saturated rings. The Hall–Kier alpha value is -1.26. The van der Waals surface area contributed by atoms with Gasteiger partial charge in [0.15, 0.2) is 6.61 Å². The second-order valence-electron chi connectivity index (χ2n) is 9.34. The first-order chi connectivity index (χ1) is 12.0. The Kier molecular flexibility index (Phi) is 4.67. The number of amides is 1. The summed E-state index contributed by atoms with van der Waals surface area (Å²) >= 11 is 0. The SMILES string of the molecule is C[C@H](NC(=O)CO/N=C(/N)C1CCCC1)C12CC3CC(CC(C3)C1)C2. The van der Waals surface area contributed by atoms with Gasteiger partial charge in [-0.3, -0.25) is 4.79 Å². The van der Waals surface area contributed by atoms with Gasteiger partial charge in [0, 0.05) is 12.0 Å². The summed E-state index contributed by atoms with van der Waals surface area (Å²) in [5.74, 6) is 3.53. The van der Waals surface area contributed by atoms with Gasteiger partial charge in [0.05, 0.1) is 0 Å². The first kappa shape index (κ1) is 17.2. The molecule has 5 aliphatic carbocycles. The molecule has 0 aromatic carbocycles. The number of oxime groups is 1. The highest BCUT2D eigenvalue weighted by atomic mass is 16.6. The van der Waals surface area contributed by atoms with Crippen molar-refractivity contribution in [3.63, 3.8) is 0 Å². The number of nitrogens with zero attached hydrogens (tertiary/aromatic N) is 1. The van der Waals surface area contributed by atoms with E-state index in [0.717, 1.165) is 30.6 Å². The fraction of sp³-hybridized carbons (Fsp3) is 0.900. The smallest absolute Gasteiger partial charge is 0.261 e. The summed E-state index contributed by atoms with van der Waals surface area (Å²) in [6.07, 6.45) is 12.8. The van der Waals surface area contributed by atoms with Gasteiger partial charge in [-0.05, 0) is 81.5 Å². The maximum absolute atomic E-state index is 12.3. The molecule has 1 atom stereocenters. The number of amidine groups is 1. The molecular weight excluding hydrogens is 314 g/mol. The van der Waals surface area contributed by atoms with Gasteiger partial charge >= 0.3 is 0 Å². The van der Waals surface area contributed by atoms with E-state index in [-0.39, 0.29) is 18.6 Å². The fourth-order valence-corrected chi connectivity index (χ4v) is 6.61. The van der Waals surface area contributed by atoms with E-state index in [2.05, 4.69) is 17.4 Å². The molecule has 5 rings (SSSR count). The van der Waals surface area contributed by atoms with Crippen molar-refractivity contribution in [3.05, 3.63) is 0 Å². The van der Waals surface area contributed by atoms with E-state index >= 15 is 0 Å². The topological polar surface area (TPSA) is 76.7 Å². The lowest BCUT2D eigenvalue weighted by Crippen LogP contribution is -2.56. The zero-order chi connectivity index (χ0) is 17.4. The average molecular weight is 348 g/mol. The quantitative estimate of drug-likeness (QED) is 0.440. The van der Waals surface area contributed by atoms with Gasteiger partial charge in [0.2, 0.25) is 0 Å². The first-order valence-electron chi connectivity index (χ1n) is 10.3. The van der Waals surface area contributed by atoms with E-state index in [1.165, 1.54) is 51.4 Å². The minimum Gasteiger partial charge on any atom is -0.384 e. The summed E-state index contributed by atoms with van der Waals surface area (Å²) in [6.45, 7) is 2.17. The molecule has 4 bridgehead atoms. The van der Waals surface area contributed by atoms with Crippen molar-refractivity contribution < 1.29 is 9.63 Å². The number of hydrogen-bond donors (Lipinski definition) is 2. The molecule has 0 aliphatic heterocycles. The third kappa shape index (κ3) is 3.52. The Morgan fingerprint density at radius 1 is 1.16 bits per heavy atom. The van der Waals surface area contributed by atoms with E-state index in [0.29, 0.717) is 17.2 Å². The molecular formula is C20H33N3O2. The van der Waals surface area contributed by atoms with Crippen LogP contribution in [0, 0.1) is 29.1 Å². The molecule has 25 heavy (non-hydrogen) atoms. The van der Waals surface area contributed by atoms with Crippen LogP contribution in [0.1, 0.15) is 71.1 Å². The largest absolute Gasteiger partial charge is 0.384 e. The summed E-state index contributed by atoms with van der Waals surface area (Å²) < 4.78 is 0. The second kappa shape index (κ2) is 6.81.